The number of hydrogen-bond acceptors (Lipinski definition) is 3. The molecule has 0 saturated carbocycles. The summed E-state index contributed by atoms with van der Waals surface area (Å²) in [4.78, 5) is 23.1. The van der Waals surface area contributed by atoms with Gasteiger partial charge in [0.15, 0.2) is 0 Å². The molecule has 0 saturated heterocycles. The lowest BCUT2D eigenvalue weighted by Gasteiger charge is -2.12. The SMILES string of the molecule is COc1cccc(/C=C/C(=O)Nc2ccccc2NC(=O)C(F)(F)F)c1. The lowest BCUT2D eigenvalue weighted by Crippen LogP contribution is -2.30. The molecule has 2 amide bonds. The topological polar surface area (TPSA) is 67.4 Å². The van der Waals surface area contributed by atoms with Crippen LogP contribution in [0.15, 0.2) is 54.6 Å². The number of rotatable bonds is 5. The van der Waals surface area contributed by atoms with Gasteiger partial charge in [0, 0.05) is 6.08 Å². The fourth-order valence-electron chi connectivity index (χ4n) is 1.99. The van der Waals surface area contributed by atoms with E-state index in [0.717, 1.165) is 0 Å². The maximum atomic E-state index is 12.4. The van der Waals surface area contributed by atoms with E-state index in [1.165, 1.54) is 43.5 Å². The van der Waals surface area contributed by atoms with Crippen molar-refractivity contribution in [2.75, 3.05) is 17.7 Å². The maximum Gasteiger partial charge on any atom is 0.471 e. The van der Waals surface area contributed by atoms with Gasteiger partial charge >= 0.3 is 12.1 Å². The first kappa shape index (κ1) is 19.0. The molecule has 0 aromatic heterocycles. The fourth-order valence-corrected chi connectivity index (χ4v) is 1.99. The van der Waals surface area contributed by atoms with Crippen molar-refractivity contribution in [3.8, 4) is 5.75 Å². The first-order valence-electron chi connectivity index (χ1n) is 7.40. The van der Waals surface area contributed by atoms with Crippen LogP contribution < -0.4 is 15.4 Å². The predicted octanol–water partition coefficient (Wildman–Crippen LogP) is 3.85. The molecular formula is C18H15F3N2O3. The number of carbonyl (C=O) groups excluding carboxylic acids is 2. The molecule has 5 nitrogen and oxygen atoms in total. The largest absolute Gasteiger partial charge is 0.497 e. The molecule has 2 N–H and O–H groups in total. The highest BCUT2D eigenvalue weighted by Gasteiger charge is 2.38. The van der Waals surface area contributed by atoms with Crippen molar-refractivity contribution in [1.29, 1.82) is 0 Å². The van der Waals surface area contributed by atoms with Crippen molar-refractivity contribution in [3.05, 3.63) is 60.2 Å². The van der Waals surface area contributed by atoms with E-state index in [0.29, 0.717) is 11.3 Å². The van der Waals surface area contributed by atoms with E-state index in [9.17, 15) is 22.8 Å². The molecule has 26 heavy (non-hydrogen) atoms. The van der Waals surface area contributed by atoms with Crippen LogP contribution in [0.25, 0.3) is 6.08 Å². The van der Waals surface area contributed by atoms with Crippen molar-refractivity contribution in [2.24, 2.45) is 0 Å². The van der Waals surface area contributed by atoms with E-state index in [2.05, 4.69) is 5.32 Å². The Morgan fingerprint density at radius 3 is 2.27 bits per heavy atom. The highest BCUT2D eigenvalue weighted by Crippen LogP contribution is 2.24. The number of amides is 2. The molecule has 0 radical (unpaired) electrons. The highest BCUT2D eigenvalue weighted by atomic mass is 19.4. The number of methoxy groups -OCH3 is 1. The standard InChI is InChI=1S/C18H15F3N2O3/c1-26-13-6-4-5-12(11-13)9-10-16(24)22-14-7-2-3-8-15(14)23-17(25)18(19,20)21/h2-11H,1H3,(H,22,24)(H,23,25)/b10-9+. The minimum absolute atomic E-state index is 0.0467. The molecule has 0 fully saturated rings. The minimum Gasteiger partial charge on any atom is -0.497 e. The van der Waals surface area contributed by atoms with E-state index in [1.54, 1.807) is 29.6 Å². The zero-order chi connectivity index (χ0) is 19.2. The number of carbonyl (C=O) groups is 2. The van der Waals surface area contributed by atoms with E-state index in [4.69, 9.17) is 4.74 Å². The summed E-state index contributed by atoms with van der Waals surface area (Å²) in [5.41, 5.74) is 0.599. The first-order valence-corrected chi connectivity index (χ1v) is 7.40. The van der Waals surface area contributed by atoms with Gasteiger partial charge in [0.05, 0.1) is 18.5 Å². The molecule has 2 aromatic rings. The molecule has 0 atom stereocenters. The van der Waals surface area contributed by atoms with Gasteiger partial charge in [0.2, 0.25) is 5.91 Å². The number of hydrogen-bond donors (Lipinski definition) is 2. The van der Waals surface area contributed by atoms with E-state index >= 15 is 0 Å². The van der Waals surface area contributed by atoms with Crippen LogP contribution >= 0.6 is 0 Å². The predicted molar refractivity (Wildman–Crippen MR) is 91.8 cm³/mol. The zero-order valence-corrected chi connectivity index (χ0v) is 13.6. The summed E-state index contributed by atoms with van der Waals surface area (Å²) in [6.07, 6.45) is -2.28. The lowest BCUT2D eigenvalue weighted by atomic mass is 10.2. The van der Waals surface area contributed by atoms with Gasteiger partial charge < -0.3 is 15.4 Å². The Labute approximate surface area is 147 Å². The van der Waals surface area contributed by atoms with Gasteiger partial charge in [0.1, 0.15) is 5.75 Å². The van der Waals surface area contributed by atoms with Gasteiger partial charge in [-0.05, 0) is 35.9 Å². The smallest absolute Gasteiger partial charge is 0.471 e. The molecule has 136 valence electrons. The van der Waals surface area contributed by atoms with Crippen molar-refractivity contribution < 1.29 is 27.5 Å². The first-order chi connectivity index (χ1) is 12.3. The monoisotopic (exact) mass is 364 g/mol. The Morgan fingerprint density at radius 1 is 1.00 bits per heavy atom. The van der Waals surface area contributed by atoms with Gasteiger partial charge in [-0.3, -0.25) is 9.59 Å². The Kier molecular flexibility index (Phi) is 6.00. The number of anilines is 2. The molecule has 0 heterocycles. The molecule has 0 unspecified atom stereocenters. The van der Waals surface area contributed by atoms with Gasteiger partial charge in [0.25, 0.3) is 0 Å². The van der Waals surface area contributed by atoms with Crippen molar-refractivity contribution >= 4 is 29.3 Å². The summed E-state index contributed by atoms with van der Waals surface area (Å²) in [5, 5.41) is 4.15. The van der Waals surface area contributed by atoms with Crippen molar-refractivity contribution in [1.82, 2.24) is 0 Å². The van der Waals surface area contributed by atoms with Gasteiger partial charge in [-0.25, -0.2) is 0 Å². The summed E-state index contributed by atoms with van der Waals surface area (Å²) in [6.45, 7) is 0. The van der Waals surface area contributed by atoms with Crippen LogP contribution in [0.2, 0.25) is 0 Å². The average molecular weight is 364 g/mol. The second-order valence-electron chi connectivity index (χ2n) is 5.10. The number of para-hydroxylation sites is 2. The number of benzene rings is 2. The second-order valence-corrected chi connectivity index (χ2v) is 5.10. The van der Waals surface area contributed by atoms with Gasteiger partial charge in [-0.15, -0.1) is 0 Å². The van der Waals surface area contributed by atoms with Crippen LogP contribution in [0, 0.1) is 0 Å². The van der Waals surface area contributed by atoms with Crippen LogP contribution in [0.3, 0.4) is 0 Å². The van der Waals surface area contributed by atoms with E-state index in [1.807, 2.05) is 0 Å². The third-order valence-corrected chi connectivity index (χ3v) is 3.21. The Hall–Kier alpha value is -3.29. The molecule has 0 spiro atoms. The highest BCUT2D eigenvalue weighted by molar-refractivity contribution is 6.06. The normalized spacial score (nSPS) is 11.2. The van der Waals surface area contributed by atoms with E-state index in [-0.39, 0.29) is 11.4 Å². The van der Waals surface area contributed by atoms with Crippen LogP contribution in [-0.4, -0.2) is 25.1 Å². The van der Waals surface area contributed by atoms with Crippen LogP contribution in [-0.2, 0) is 9.59 Å². The van der Waals surface area contributed by atoms with Crippen LogP contribution in [0.5, 0.6) is 5.75 Å². The summed E-state index contributed by atoms with van der Waals surface area (Å²) < 4.78 is 42.2. The second kappa shape index (κ2) is 8.19. The fraction of sp³-hybridized carbons (Fsp3) is 0.111. The summed E-state index contributed by atoms with van der Waals surface area (Å²) in [5.74, 6) is -2.07. The summed E-state index contributed by atoms with van der Waals surface area (Å²) >= 11 is 0. The molecule has 0 aliphatic carbocycles. The molecular weight excluding hydrogens is 349 g/mol. The molecule has 0 aliphatic rings. The zero-order valence-electron chi connectivity index (χ0n) is 13.6. The Balaban J connectivity index is 2.09. The third kappa shape index (κ3) is 5.37. The van der Waals surface area contributed by atoms with Gasteiger partial charge in [-0.2, -0.15) is 13.2 Å². The molecule has 2 rings (SSSR count). The number of nitrogens with one attached hydrogen (secondary N) is 2. The number of alkyl halides is 3. The number of ether oxygens (including phenoxy) is 1. The number of halogens is 3. The van der Waals surface area contributed by atoms with E-state index < -0.39 is 18.0 Å². The Morgan fingerprint density at radius 2 is 1.65 bits per heavy atom. The summed E-state index contributed by atoms with van der Waals surface area (Å²) in [6, 6.07) is 12.5. The van der Waals surface area contributed by atoms with Crippen molar-refractivity contribution in [3.63, 3.8) is 0 Å². The van der Waals surface area contributed by atoms with Gasteiger partial charge in [-0.1, -0.05) is 24.3 Å². The lowest BCUT2D eigenvalue weighted by molar-refractivity contribution is -0.167. The molecule has 2 aromatic carbocycles. The van der Waals surface area contributed by atoms with Crippen molar-refractivity contribution in [2.45, 2.75) is 6.18 Å². The molecule has 0 bridgehead atoms. The minimum atomic E-state index is -5.02. The maximum absolute atomic E-state index is 12.4. The molecule has 0 aliphatic heterocycles. The van der Waals surface area contributed by atoms with Crippen LogP contribution in [0.1, 0.15) is 5.56 Å². The quantitative estimate of drug-likeness (QED) is 0.792. The van der Waals surface area contributed by atoms with Crippen LogP contribution in [0.4, 0.5) is 24.5 Å². The third-order valence-electron chi connectivity index (χ3n) is 3.21. The molecule has 8 heteroatoms. The Bertz CT molecular complexity index is 832. The summed E-state index contributed by atoms with van der Waals surface area (Å²) in [7, 11) is 1.52. The average Bonchev–Trinajstić information content (AvgIpc) is 2.61.